The standard InChI is InChI=1S/C21H26N2O5S/c1-4-16-7-5-6-8-18(16)23(29(3,25)26)14-21(24)22-15(2)17-9-10-19-20(13-17)28-12-11-27-19/h5-10,13,15H,4,11-12,14H2,1-3H3,(H,22,24)/t15-/m0/s1. The first-order valence-corrected chi connectivity index (χ1v) is 11.4. The van der Waals surface area contributed by atoms with Gasteiger partial charge in [-0.05, 0) is 42.7 Å². The molecule has 1 amide bonds. The first kappa shape index (κ1) is 21.0. The molecule has 0 aliphatic carbocycles. The fraction of sp³-hybridized carbons (Fsp3) is 0.381. The average molecular weight is 419 g/mol. The molecule has 0 fully saturated rings. The molecule has 0 saturated carbocycles. The van der Waals surface area contributed by atoms with Crippen molar-refractivity contribution in [3.63, 3.8) is 0 Å². The summed E-state index contributed by atoms with van der Waals surface area (Å²) in [5.74, 6) is 0.936. The zero-order valence-corrected chi connectivity index (χ0v) is 17.7. The van der Waals surface area contributed by atoms with Crippen LogP contribution in [0.4, 0.5) is 5.69 Å². The molecule has 2 aromatic rings. The summed E-state index contributed by atoms with van der Waals surface area (Å²) in [5, 5.41) is 2.87. The quantitative estimate of drug-likeness (QED) is 0.747. The maximum atomic E-state index is 12.7. The monoisotopic (exact) mass is 418 g/mol. The number of carbonyl (C=O) groups is 1. The van der Waals surface area contributed by atoms with Gasteiger partial charge in [0.25, 0.3) is 0 Å². The molecular weight excluding hydrogens is 392 g/mol. The molecule has 0 aromatic heterocycles. The molecule has 1 aliphatic rings. The highest BCUT2D eigenvalue weighted by atomic mass is 32.2. The molecule has 0 unspecified atom stereocenters. The number of anilines is 1. The third kappa shape index (κ3) is 5.00. The summed E-state index contributed by atoms with van der Waals surface area (Å²) in [7, 11) is -3.62. The van der Waals surface area contributed by atoms with Crippen LogP contribution in [0.2, 0.25) is 0 Å². The first-order valence-electron chi connectivity index (χ1n) is 9.54. The summed E-state index contributed by atoms with van der Waals surface area (Å²) in [6.07, 6.45) is 1.77. The van der Waals surface area contributed by atoms with Gasteiger partial charge in [0.1, 0.15) is 19.8 Å². The number of nitrogens with one attached hydrogen (secondary N) is 1. The van der Waals surface area contributed by atoms with Gasteiger partial charge >= 0.3 is 0 Å². The average Bonchev–Trinajstić information content (AvgIpc) is 2.70. The molecule has 8 heteroatoms. The van der Waals surface area contributed by atoms with Gasteiger partial charge < -0.3 is 14.8 Å². The van der Waals surface area contributed by atoms with Gasteiger partial charge in [-0.25, -0.2) is 8.42 Å². The van der Waals surface area contributed by atoms with Gasteiger partial charge in [-0.15, -0.1) is 0 Å². The number of para-hydroxylation sites is 1. The number of hydrogen-bond donors (Lipinski definition) is 1. The molecule has 0 spiro atoms. The van der Waals surface area contributed by atoms with Gasteiger partial charge in [0.2, 0.25) is 15.9 Å². The van der Waals surface area contributed by atoms with E-state index in [0.29, 0.717) is 36.8 Å². The number of nitrogens with zero attached hydrogens (tertiary/aromatic N) is 1. The predicted octanol–water partition coefficient (Wildman–Crippen LogP) is 2.66. The van der Waals surface area contributed by atoms with Crippen LogP contribution in [-0.4, -0.2) is 40.3 Å². The van der Waals surface area contributed by atoms with Gasteiger partial charge in [-0.1, -0.05) is 31.2 Å². The number of amides is 1. The van der Waals surface area contributed by atoms with Crippen LogP contribution < -0.4 is 19.1 Å². The number of ether oxygens (including phenoxy) is 2. The number of hydrogen-bond acceptors (Lipinski definition) is 5. The largest absolute Gasteiger partial charge is 0.486 e. The van der Waals surface area contributed by atoms with E-state index in [0.717, 1.165) is 21.7 Å². The molecule has 0 bridgehead atoms. The van der Waals surface area contributed by atoms with E-state index in [4.69, 9.17) is 9.47 Å². The van der Waals surface area contributed by atoms with Crippen LogP contribution in [0, 0.1) is 0 Å². The fourth-order valence-corrected chi connectivity index (χ4v) is 4.15. The summed E-state index contributed by atoms with van der Waals surface area (Å²) in [6, 6.07) is 12.4. The van der Waals surface area contributed by atoms with E-state index in [2.05, 4.69) is 5.32 Å². The van der Waals surface area contributed by atoms with Crippen molar-refractivity contribution in [1.29, 1.82) is 0 Å². The minimum Gasteiger partial charge on any atom is -0.486 e. The molecule has 2 aromatic carbocycles. The van der Waals surface area contributed by atoms with Crippen LogP contribution in [0.25, 0.3) is 0 Å². The predicted molar refractivity (Wildman–Crippen MR) is 112 cm³/mol. The summed E-state index contributed by atoms with van der Waals surface area (Å²) >= 11 is 0. The van der Waals surface area contributed by atoms with Crippen molar-refractivity contribution >= 4 is 21.6 Å². The lowest BCUT2D eigenvalue weighted by molar-refractivity contribution is -0.120. The van der Waals surface area contributed by atoms with E-state index in [1.165, 1.54) is 0 Å². The molecule has 1 N–H and O–H groups in total. The zero-order valence-electron chi connectivity index (χ0n) is 16.8. The molecule has 1 aliphatic heterocycles. The molecule has 0 saturated heterocycles. The third-order valence-electron chi connectivity index (χ3n) is 4.77. The van der Waals surface area contributed by atoms with Crippen molar-refractivity contribution in [3.8, 4) is 11.5 Å². The molecule has 156 valence electrons. The van der Waals surface area contributed by atoms with Crippen molar-refractivity contribution in [1.82, 2.24) is 5.32 Å². The minimum atomic E-state index is -3.62. The Morgan fingerprint density at radius 1 is 1.14 bits per heavy atom. The maximum absolute atomic E-state index is 12.7. The number of sulfonamides is 1. The molecule has 1 heterocycles. The Morgan fingerprint density at radius 2 is 1.83 bits per heavy atom. The summed E-state index contributed by atoms with van der Waals surface area (Å²) < 4.78 is 37.0. The first-order chi connectivity index (χ1) is 13.8. The SMILES string of the molecule is CCc1ccccc1N(CC(=O)N[C@@H](C)c1ccc2c(c1)OCCO2)S(C)(=O)=O. The van der Waals surface area contributed by atoms with Gasteiger partial charge in [0.15, 0.2) is 11.5 Å². The highest BCUT2D eigenvalue weighted by Crippen LogP contribution is 2.32. The number of aryl methyl sites for hydroxylation is 1. The van der Waals surface area contributed by atoms with Crippen molar-refractivity contribution in [3.05, 3.63) is 53.6 Å². The van der Waals surface area contributed by atoms with Crippen molar-refractivity contribution in [2.75, 3.05) is 30.3 Å². The molecule has 1 atom stereocenters. The summed E-state index contributed by atoms with van der Waals surface area (Å²) in [5.41, 5.74) is 2.24. The van der Waals surface area contributed by atoms with Gasteiger partial charge in [0, 0.05) is 0 Å². The Morgan fingerprint density at radius 3 is 2.52 bits per heavy atom. The van der Waals surface area contributed by atoms with Crippen LogP contribution in [0.3, 0.4) is 0 Å². The highest BCUT2D eigenvalue weighted by Gasteiger charge is 2.24. The Hall–Kier alpha value is -2.74. The minimum absolute atomic E-state index is 0.287. The van der Waals surface area contributed by atoms with Crippen LogP contribution in [0.1, 0.15) is 31.0 Å². The van der Waals surface area contributed by atoms with Crippen molar-refractivity contribution in [2.24, 2.45) is 0 Å². The number of benzene rings is 2. The van der Waals surface area contributed by atoms with Gasteiger partial charge in [0.05, 0.1) is 18.0 Å². The topological polar surface area (TPSA) is 84.9 Å². The van der Waals surface area contributed by atoms with E-state index >= 15 is 0 Å². The lowest BCUT2D eigenvalue weighted by Crippen LogP contribution is -2.41. The van der Waals surface area contributed by atoms with E-state index in [9.17, 15) is 13.2 Å². The normalized spacial score (nSPS) is 14.2. The van der Waals surface area contributed by atoms with Crippen molar-refractivity contribution < 1.29 is 22.7 Å². The smallest absolute Gasteiger partial charge is 0.241 e. The lowest BCUT2D eigenvalue weighted by atomic mass is 10.1. The molecule has 7 nitrogen and oxygen atoms in total. The number of rotatable bonds is 7. The third-order valence-corrected chi connectivity index (χ3v) is 5.90. The summed E-state index contributed by atoms with van der Waals surface area (Å²) in [4.78, 5) is 12.7. The van der Waals surface area contributed by atoms with E-state index in [1.54, 1.807) is 12.1 Å². The maximum Gasteiger partial charge on any atom is 0.241 e. The molecular formula is C21H26N2O5S. The molecule has 29 heavy (non-hydrogen) atoms. The van der Waals surface area contributed by atoms with Crippen molar-refractivity contribution in [2.45, 2.75) is 26.3 Å². The zero-order chi connectivity index (χ0) is 21.0. The van der Waals surface area contributed by atoms with E-state index < -0.39 is 10.0 Å². The second-order valence-corrected chi connectivity index (χ2v) is 8.85. The number of carbonyl (C=O) groups excluding carboxylic acids is 1. The van der Waals surface area contributed by atoms with Crippen LogP contribution in [-0.2, 0) is 21.2 Å². The highest BCUT2D eigenvalue weighted by molar-refractivity contribution is 7.92. The molecule has 3 rings (SSSR count). The second kappa shape index (κ2) is 8.73. The second-order valence-electron chi connectivity index (χ2n) is 6.94. The Balaban J connectivity index is 1.75. The van der Waals surface area contributed by atoms with Gasteiger partial charge in [-0.2, -0.15) is 0 Å². The molecule has 0 radical (unpaired) electrons. The lowest BCUT2D eigenvalue weighted by Gasteiger charge is -2.25. The Bertz CT molecular complexity index is 990. The van der Waals surface area contributed by atoms with E-state index in [1.807, 2.05) is 44.2 Å². The van der Waals surface area contributed by atoms with Crippen LogP contribution >= 0.6 is 0 Å². The van der Waals surface area contributed by atoms with E-state index in [-0.39, 0.29) is 18.5 Å². The number of fused-ring (bicyclic) bond motifs is 1. The van der Waals surface area contributed by atoms with Crippen LogP contribution in [0.5, 0.6) is 11.5 Å². The summed E-state index contributed by atoms with van der Waals surface area (Å²) in [6.45, 7) is 4.50. The van der Waals surface area contributed by atoms with Gasteiger partial charge in [-0.3, -0.25) is 9.10 Å². The Kier molecular flexibility index (Phi) is 6.32. The fourth-order valence-electron chi connectivity index (χ4n) is 3.26. The van der Waals surface area contributed by atoms with Crippen LogP contribution in [0.15, 0.2) is 42.5 Å². The Labute approximate surface area is 171 Å².